The molecule has 3 N–H and O–H groups in total. The van der Waals surface area contributed by atoms with Gasteiger partial charge in [-0.2, -0.15) is 10.2 Å². The summed E-state index contributed by atoms with van der Waals surface area (Å²) in [7, 11) is 5.38. The quantitative estimate of drug-likeness (QED) is 0.373. The van der Waals surface area contributed by atoms with Crippen LogP contribution in [-0.2, 0) is 0 Å². The fourth-order valence-electron chi connectivity index (χ4n) is 0.505. The van der Waals surface area contributed by atoms with Gasteiger partial charge in [0.15, 0.2) is 10.2 Å². The second kappa shape index (κ2) is 7.94. The molecule has 0 saturated heterocycles. The minimum atomic E-state index is 0.445. The zero-order valence-electron chi connectivity index (χ0n) is 9.74. The predicted molar refractivity (Wildman–Crippen MR) is 75.8 cm³/mol. The van der Waals surface area contributed by atoms with Crippen LogP contribution in [-0.4, -0.2) is 48.2 Å². The molecule has 0 fully saturated rings. The Labute approximate surface area is 106 Å². The van der Waals surface area contributed by atoms with Crippen molar-refractivity contribution in [3.63, 3.8) is 0 Å². The van der Waals surface area contributed by atoms with E-state index in [2.05, 4.69) is 26.4 Å². The van der Waals surface area contributed by atoms with Crippen LogP contribution in [0.3, 0.4) is 0 Å². The highest BCUT2D eigenvalue weighted by molar-refractivity contribution is 7.80. The molecule has 0 aromatic heterocycles. The van der Waals surface area contributed by atoms with Crippen molar-refractivity contribution in [1.82, 2.24) is 21.1 Å². The molecule has 0 saturated carbocycles. The summed E-state index contributed by atoms with van der Waals surface area (Å²) in [6.45, 7) is 1.79. The van der Waals surface area contributed by atoms with E-state index in [1.807, 2.05) is 14.1 Å². The highest BCUT2D eigenvalue weighted by Gasteiger charge is 1.94. The first-order chi connectivity index (χ1) is 7.47. The van der Waals surface area contributed by atoms with Gasteiger partial charge in [0.05, 0.1) is 11.9 Å². The van der Waals surface area contributed by atoms with Crippen LogP contribution in [0.1, 0.15) is 6.92 Å². The molecule has 0 radical (unpaired) electrons. The SMILES string of the molecule is CNC(=S)N/N=C/C(C)=N/NC(=S)N(C)C. The van der Waals surface area contributed by atoms with E-state index in [0.29, 0.717) is 15.9 Å². The van der Waals surface area contributed by atoms with Crippen molar-refractivity contribution in [2.75, 3.05) is 21.1 Å². The highest BCUT2D eigenvalue weighted by Crippen LogP contribution is 1.79. The van der Waals surface area contributed by atoms with E-state index in [1.54, 1.807) is 18.9 Å². The minimum Gasteiger partial charge on any atom is -0.364 e. The number of hydrazone groups is 2. The second-order valence-corrected chi connectivity index (χ2v) is 3.81. The van der Waals surface area contributed by atoms with Crippen LogP contribution >= 0.6 is 24.4 Å². The zero-order valence-corrected chi connectivity index (χ0v) is 11.4. The van der Waals surface area contributed by atoms with E-state index in [0.717, 1.165) is 0 Å². The van der Waals surface area contributed by atoms with Crippen LogP contribution < -0.4 is 16.2 Å². The molecule has 0 rings (SSSR count). The summed E-state index contributed by atoms with van der Waals surface area (Å²) in [6, 6.07) is 0. The van der Waals surface area contributed by atoms with E-state index >= 15 is 0 Å². The Bertz CT molecular complexity index is 310. The third kappa shape index (κ3) is 7.07. The summed E-state index contributed by atoms with van der Waals surface area (Å²) in [5, 5.41) is 11.6. The minimum absolute atomic E-state index is 0.445. The highest BCUT2D eigenvalue weighted by atomic mass is 32.1. The van der Waals surface area contributed by atoms with Crippen LogP contribution in [0.2, 0.25) is 0 Å². The molecular weight excluding hydrogens is 244 g/mol. The van der Waals surface area contributed by atoms with Crippen LogP contribution in [0.4, 0.5) is 0 Å². The Balaban J connectivity index is 4.05. The number of nitrogens with one attached hydrogen (secondary N) is 3. The average Bonchev–Trinajstić information content (AvgIpc) is 2.25. The Hall–Kier alpha value is -1.28. The fraction of sp³-hybridized carbons (Fsp3) is 0.500. The number of hydrogen-bond donors (Lipinski definition) is 3. The Kier molecular flexibility index (Phi) is 7.31. The molecule has 0 aliphatic carbocycles. The molecule has 0 atom stereocenters. The molecule has 6 nitrogen and oxygen atoms in total. The van der Waals surface area contributed by atoms with E-state index in [9.17, 15) is 0 Å². The van der Waals surface area contributed by atoms with Gasteiger partial charge in [-0.25, -0.2) is 0 Å². The van der Waals surface area contributed by atoms with Crippen molar-refractivity contribution in [1.29, 1.82) is 0 Å². The molecule has 0 aromatic carbocycles. The van der Waals surface area contributed by atoms with Gasteiger partial charge in [0.25, 0.3) is 0 Å². The molecule has 16 heavy (non-hydrogen) atoms. The summed E-state index contributed by atoms with van der Waals surface area (Å²) in [4.78, 5) is 1.75. The van der Waals surface area contributed by atoms with Gasteiger partial charge in [0.2, 0.25) is 0 Å². The normalized spacial score (nSPS) is 11.1. The van der Waals surface area contributed by atoms with Gasteiger partial charge < -0.3 is 10.2 Å². The summed E-state index contributed by atoms with van der Waals surface area (Å²) < 4.78 is 0. The summed E-state index contributed by atoms with van der Waals surface area (Å²) in [5.74, 6) is 0. The van der Waals surface area contributed by atoms with Crippen LogP contribution in [0.15, 0.2) is 10.2 Å². The van der Waals surface area contributed by atoms with Crippen LogP contribution in [0, 0.1) is 0 Å². The molecular formula is C8H16N6S2. The number of nitrogens with zero attached hydrogens (tertiary/aromatic N) is 3. The lowest BCUT2D eigenvalue weighted by molar-refractivity contribution is 0.606. The summed E-state index contributed by atoms with van der Waals surface area (Å²) in [6.07, 6.45) is 1.54. The molecule has 0 unspecified atom stereocenters. The molecule has 0 aliphatic rings. The standard InChI is InChI=1S/C8H16N6S2/c1-6(5-10-12-7(15)9-2)11-13-8(16)14(3)4/h5H,1-4H3,(H,13,16)(H2,9,12,15)/b10-5+,11-6+. The molecule has 0 aromatic rings. The van der Waals surface area contributed by atoms with Gasteiger partial charge in [-0.05, 0) is 31.4 Å². The van der Waals surface area contributed by atoms with Crippen molar-refractivity contribution in [2.24, 2.45) is 10.2 Å². The third-order valence-corrected chi connectivity index (χ3v) is 2.13. The summed E-state index contributed by atoms with van der Waals surface area (Å²) in [5.41, 5.74) is 6.00. The number of thiocarbonyl (C=S) groups is 2. The predicted octanol–water partition coefficient (Wildman–Crippen LogP) is -0.122. The fourth-order valence-corrected chi connectivity index (χ4v) is 0.603. The molecule has 0 aliphatic heterocycles. The van der Waals surface area contributed by atoms with E-state index in [4.69, 9.17) is 24.4 Å². The Morgan fingerprint density at radius 2 is 1.88 bits per heavy atom. The van der Waals surface area contributed by atoms with E-state index < -0.39 is 0 Å². The molecule has 8 heteroatoms. The lowest BCUT2D eigenvalue weighted by Crippen LogP contribution is -2.31. The Morgan fingerprint density at radius 3 is 2.38 bits per heavy atom. The van der Waals surface area contributed by atoms with E-state index in [-0.39, 0.29) is 0 Å². The molecule has 0 spiro atoms. The lowest BCUT2D eigenvalue weighted by Gasteiger charge is -2.11. The first-order valence-electron chi connectivity index (χ1n) is 4.49. The third-order valence-electron chi connectivity index (χ3n) is 1.38. The molecule has 0 heterocycles. The first kappa shape index (κ1) is 14.7. The lowest BCUT2D eigenvalue weighted by atomic mass is 10.5. The average molecular weight is 260 g/mol. The van der Waals surface area contributed by atoms with Crippen molar-refractivity contribution in [2.45, 2.75) is 6.92 Å². The maximum Gasteiger partial charge on any atom is 0.189 e. The summed E-state index contributed by atoms with van der Waals surface area (Å²) >= 11 is 9.81. The van der Waals surface area contributed by atoms with Gasteiger partial charge in [-0.1, -0.05) is 0 Å². The molecule has 0 amide bonds. The van der Waals surface area contributed by atoms with Crippen molar-refractivity contribution in [3.8, 4) is 0 Å². The van der Waals surface area contributed by atoms with Crippen molar-refractivity contribution in [3.05, 3.63) is 0 Å². The monoisotopic (exact) mass is 260 g/mol. The number of rotatable bonds is 3. The van der Waals surface area contributed by atoms with Gasteiger partial charge in [0.1, 0.15) is 0 Å². The van der Waals surface area contributed by atoms with Gasteiger partial charge in [-0.15, -0.1) is 0 Å². The molecule has 90 valence electrons. The first-order valence-corrected chi connectivity index (χ1v) is 5.31. The number of hydrogen-bond acceptors (Lipinski definition) is 4. The smallest absolute Gasteiger partial charge is 0.189 e. The second-order valence-electron chi connectivity index (χ2n) is 3.01. The topological polar surface area (TPSA) is 64.0 Å². The maximum absolute atomic E-state index is 4.99. The van der Waals surface area contributed by atoms with Gasteiger partial charge >= 0.3 is 0 Å². The largest absolute Gasteiger partial charge is 0.364 e. The van der Waals surface area contributed by atoms with Gasteiger partial charge in [-0.3, -0.25) is 10.9 Å². The zero-order chi connectivity index (χ0) is 12.6. The van der Waals surface area contributed by atoms with Gasteiger partial charge in [0, 0.05) is 21.1 Å². The maximum atomic E-state index is 4.99. The Morgan fingerprint density at radius 1 is 1.25 bits per heavy atom. The van der Waals surface area contributed by atoms with Crippen molar-refractivity contribution >= 4 is 46.6 Å². The van der Waals surface area contributed by atoms with E-state index in [1.165, 1.54) is 6.21 Å². The van der Waals surface area contributed by atoms with Crippen molar-refractivity contribution < 1.29 is 0 Å². The molecule has 0 bridgehead atoms. The van der Waals surface area contributed by atoms with Crippen LogP contribution in [0.25, 0.3) is 0 Å². The van der Waals surface area contributed by atoms with Crippen LogP contribution in [0.5, 0.6) is 0 Å².